The Labute approximate surface area is 132 Å². The van der Waals surface area contributed by atoms with Crippen LogP contribution in [0.3, 0.4) is 0 Å². The van der Waals surface area contributed by atoms with Gasteiger partial charge in [0.2, 0.25) is 0 Å². The molecule has 2 aromatic rings. The summed E-state index contributed by atoms with van der Waals surface area (Å²) in [7, 11) is 0. The average molecular weight is 322 g/mol. The molecule has 0 aliphatic carbocycles. The van der Waals surface area contributed by atoms with E-state index in [0.29, 0.717) is 35.2 Å². The molecule has 0 N–H and O–H groups in total. The molecule has 6 heteroatoms. The van der Waals surface area contributed by atoms with Gasteiger partial charge >= 0.3 is 0 Å². The largest absolute Gasteiger partial charge is 0.332 e. The van der Waals surface area contributed by atoms with Gasteiger partial charge in [0.15, 0.2) is 0 Å². The first-order chi connectivity index (χ1) is 10.1. The molecule has 1 amide bonds. The van der Waals surface area contributed by atoms with Crippen molar-refractivity contribution >= 4 is 29.1 Å². The van der Waals surface area contributed by atoms with Crippen molar-refractivity contribution in [1.29, 1.82) is 0 Å². The van der Waals surface area contributed by atoms with Crippen molar-refractivity contribution in [1.82, 2.24) is 14.9 Å². The smallest absolute Gasteiger partial charge is 0.255 e. The van der Waals surface area contributed by atoms with Crippen molar-refractivity contribution in [3.63, 3.8) is 0 Å². The summed E-state index contributed by atoms with van der Waals surface area (Å²) in [6, 6.07) is 5.48. The Bertz CT molecular complexity index is 718. The van der Waals surface area contributed by atoms with Crippen LogP contribution in [0.1, 0.15) is 27.2 Å². The third-order valence-corrected chi connectivity index (χ3v) is 4.49. The molecule has 0 saturated carbocycles. The first kappa shape index (κ1) is 14.3. The minimum absolute atomic E-state index is 0.0796. The quantitative estimate of drug-likeness (QED) is 0.757. The first-order valence-electron chi connectivity index (χ1n) is 6.60. The van der Waals surface area contributed by atoms with E-state index in [1.165, 1.54) is 6.33 Å². The van der Waals surface area contributed by atoms with E-state index in [1.54, 1.807) is 11.0 Å². The normalized spacial score (nSPS) is 14.0. The molecular formula is C15H13Cl2N3O. The maximum absolute atomic E-state index is 12.6. The van der Waals surface area contributed by atoms with Crippen LogP contribution in [-0.2, 0) is 13.0 Å². The van der Waals surface area contributed by atoms with Crippen LogP contribution in [0.4, 0.5) is 0 Å². The van der Waals surface area contributed by atoms with Crippen molar-refractivity contribution in [3.8, 4) is 0 Å². The maximum Gasteiger partial charge on any atom is 0.255 e. The number of carbonyl (C=O) groups is 1. The standard InChI is InChI=1S/C15H13Cl2N3O/c1-9-3-2-4-11(13(9)16)15(21)20-6-5-10-12(7-20)18-8-19-14(10)17/h2-4,8H,5-7H2,1H3. The van der Waals surface area contributed by atoms with E-state index >= 15 is 0 Å². The van der Waals surface area contributed by atoms with Gasteiger partial charge in [-0.05, 0) is 25.0 Å². The summed E-state index contributed by atoms with van der Waals surface area (Å²) < 4.78 is 0. The molecule has 1 aliphatic heterocycles. The summed E-state index contributed by atoms with van der Waals surface area (Å²) in [5, 5.41) is 0.981. The Morgan fingerprint density at radius 1 is 1.29 bits per heavy atom. The molecule has 1 aromatic carbocycles. The van der Waals surface area contributed by atoms with E-state index in [0.717, 1.165) is 16.8 Å². The minimum atomic E-state index is -0.0796. The molecule has 0 bridgehead atoms. The summed E-state index contributed by atoms with van der Waals surface area (Å²) >= 11 is 12.3. The van der Waals surface area contributed by atoms with Gasteiger partial charge < -0.3 is 4.90 Å². The van der Waals surface area contributed by atoms with Crippen LogP contribution in [0, 0.1) is 6.92 Å². The number of aromatic nitrogens is 2. The second-order valence-corrected chi connectivity index (χ2v) is 5.74. The molecule has 0 unspecified atom stereocenters. The second kappa shape index (κ2) is 5.62. The molecule has 0 spiro atoms. The molecule has 0 radical (unpaired) electrons. The highest BCUT2D eigenvalue weighted by molar-refractivity contribution is 6.34. The Hall–Kier alpha value is -1.65. The highest BCUT2D eigenvalue weighted by Crippen LogP contribution is 2.26. The van der Waals surface area contributed by atoms with Crippen LogP contribution >= 0.6 is 23.2 Å². The van der Waals surface area contributed by atoms with Crippen LogP contribution in [0.5, 0.6) is 0 Å². The molecule has 21 heavy (non-hydrogen) atoms. The predicted molar refractivity (Wildman–Crippen MR) is 81.7 cm³/mol. The monoisotopic (exact) mass is 321 g/mol. The van der Waals surface area contributed by atoms with Gasteiger partial charge in [0.05, 0.1) is 22.8 Å². The lowest BCUT2D eigenvalue weighted by atomic mass is 10.0. The van der Waals surface area contributed by atoms with E-state index in [1.807, 2.05) is 19.1 Å². The van der Waals surface area contributed by atoms with Gasteiger partial charge in [0.25, 0.3) is 5.91 Å². The summed E-state index contributed by atoms with van der Waals surface area (Å²) in [5.41, 5.74) is 3.16. The molecule has 0 fully saturated rings. The van der Waals surface area contributed by atoms with Gasteiger partial charge in [0, 0.05) is 12.1 Å². The zero-order valence-corrected chi connectivity index (χ0v) is 12.9. The average Bonchev–Trinajstić information content (AvgIpc) is 2.49. The number of benzene rings is 1. The number of hydrogen-bond donors (Lipinski definition) is 0. The van der Waals surface area contributed by atoms with E-state index in [2.05, 4.69) is 9.97 Å². The number of amides is 1. The number of halogens is 2. The van der Waals surface area contributed by atoms with Crippen LogP contribution in [-0.4, -0.2) is 27.3 Å². The Kier molecular flexibility index (Phi) is 3.83. The maximum atomic E-state index is 12.6. The number of nitrogens with zero attached hydrogens (tertiary/aromatic N) is 3. The third-order valence-electron chi connectivity index (χ3n) is 3.66. The lowest BCUT2D eigenvalue weighted by molar-refractivity contribution is 0.0731. The van der Waals surface area contributed by atoms with Crippen molar-refractivity contribution in [2.24, 2.45) is 0 Å². The summed E-state index contributed by atoms with van der Waals surface area (Å²) in [6.07, 6.45) is 2.08. The van der Waals surface area contributed by atoms with Crippen molar-refractivity contribution in [2.45, 2.75) is 19.9 Å². The summed E-state index contributed by atoms with van der Waals surface area (Å²) in [4.78, 5) is 22.6. The van der Waals surface area contributed by atoms with E-state index in [4.69, 9.17) is 23.2 Å². The fourth-order valence-corrected chi connectivity index (χ4v) is 2.92. The number of hydrogen-bond acceptors (Lipinski definition) is 3. The van der Waals surface area contributed by atoms with E-state index in [9.17, 15) is 4.79 Å². The number of fused-ring (bicyclic) bond motifs is 1. The van der Waals surface area contributed by atoms with Gasteiger partial charge in [-0.25, -0.2) is 9.97 Å². The first-order valence-corrected chi connectivity index (χ1v) is 7.36. The molecular weight excluding hydrogens is 309 g/mol. The van der Waals surface area contributed by atoms with Crippen LogP contribution in [0.2, 0.25) is 10.2 Å². The molecule has 4 nitrogen and oxygen atoms in total. The van der Waals surface area contributed by atoms with Gasteiger partial charge in [-0.3, -0.25) is 4.79 Å². The molecule has 0 atom stereocenters. The van der Waals surface area contributed by atoms with Gasteiger partial charge in [-0.2, -0.15) is 0 Å². The molecule has 0 saturated heterocycles. The van der Waals surface area contributed by atoms with Gasteiger partial charge in [-0.1, -0.05) is 35.3 Å². The lowest BCUT2D eigenvalue weighted by Gasteiger charge is -2.28. The molecule has 108 valence electrons. The Morgan fingerprint density at radius 3 is 2.90 bits per heavy atom. The van der Waals surface area contributed by atoms with E-state index in [-0.39, 0.29) is 5.91 Å². The molecule has 1 aromatic heterocycles. The SMILES string of the molecule is Cc1cccc(C(=O)N2CCc3c(Cl)ncnc3C2)c1Cl. The zero-order valence-electron chi connectivity index (χ0n) is 11.4. The highest BCUT2D eigenvalue weighted by atomic mass is 35.5. The molecule has 1 aliphatic rings. The topological polar surface area (TPSA) is 46.1 Å². The van der Waals surface area contributed by atoms with Crippen molar-refractivity contribution in [3.05, 3.63) is 57.1 Å². The molecule has 3 rings (SSSR count). The van der Waals surface area contributed by atoms with Gasteiger partial charge in [0.1, 0.15) is 11.5 Å². The predicted octanol–water partition coefficient (Wildman–Crippen LogP) is 3.29. The third kappa shape index (κ3) is 2.61. The van der Waals surface area contributed by atoms with E-state index < -0.39 is 0 Å². The second-order valence-electron chi connectivity index (χ2n) is 5.00. The number of carbonyl (C=O) groups excluding carboxylic acids is 1. The minimum Gasteiger partial charge on any atom is -0.332 e. The Morgan fingerprint density at radius 2 is 2.10 bits per heavy atom. The van der Waals surface area contributed by atoms with Crippen molar-refractivity contribution in [2.75, 3.05) is 6.54 Å². The van der Waals surface area contributed by atoms with Crippen molar-refractivity contribution < 1.29 is 4.79 Å². The van der Waals surface area contributed by atoms with Crippen LogP contribution in [0.25, 0.3) is 0 Å². The lowest BCUT2D eigenvalue weighted by Crippen LogP contribution is -2.36. The fraction of sp³-hybridized carbons (Fsp3) is 0.267. The summed E-state index contributed by atoms with van der Waals surface area (Å²) in [5.74, 6) is -0.0796. The highest BCUT2D eigenvalue weighted by Gasteiger charge is 2.25. The molecule has 2 heterocycles. The van der Waals surface area contributed by atoms with Gasteiger partial charge in [-0.15, -0.1) is 0 Å². The van der Waals surface area contributed by atoms with Crippen LogP contribution < -0.4 is 0 Å². The number of rotatable bonds is 1. The fourth-order valence-electron chi connectivity index (χ4n) is 2.47. The number of aryl methyl sites for hydroxylation is 1. The zero-order chi connectivity index (χ0) is 15.0. The van der Waals surface area contributed by atoms with Crippen LogP contribution in [0.15, 0.2) is 24.5 Å². The Balaban J connectivity index is 1.89. The summed E-state index contributed by atoms with van der Waals surface area (Å²) in [6.45, 7) is 2.90.